The highest BCUT2D eigenvalue weighted by Crippen LogP contribution is 2.46. The van der Waals surface area contributed by atoms with Crippen LogP contribution in [0.4, 0.5) is 17.2 Å². The van der Waals surface area contributed by atoms with Crippen molar-refractivity contribution in [3.63, 3.8) is 0 Å². The Hall–Kier alpha value is -3.73. The smallest absolute Gasteiger partial charge is 0.287 e. The third-order valence-electron chi connectivity index (χ3n) is 9.18. The van der Waals surface area contributed by atoms with Gasteiger partial charge in [-0.15, -0.1) is 0 Å². The summed E-state index contributed by atoms with van der Waals surface area (Å²) in [7, 11) is 3.99. The predicted octanol–water partition coefficient (Wildman–Crippen LogP) is 2.21. The molecule has 0 bridgehead atoms. The molecule has 1 aromatic carbocycles. The Labute approximate surface area is 233 Å². The van der Waals surface area contributed by atoms with E-state index in [4.69, 9.17) is 4.98 Å². The van der Waals surface area contributed by atoms with E-state index in [9.17, 15) is 9.59 Å². The zero-order valence-corrected chi connectivity index (χ0v) is 23.3. The molecule has 2 saturated heterocycles. The molecule has 1 atom stereocenters. The number of carbonyl (C=O) groups is 2. The van der Waals surface area contributed by atoms with E-state index in [1.807, 2.05) is 7.05 Å². The van der Waals surface area contributed by atoms with Crippen LogP contribution in [0.2, 0.25) is 0 Å². The van der Waals surface area contributed by atoms with Crippen LogP contribution < -0.4 is 20.4 Å². The van der Waals surface area contributed by atoms with Crippen LogP contribution in [0, 0.1) is 11.8 Å². The van der Waals surface area contributed by atoms with Crippen molar-refractivity contribution < 1.29 is 9.59 Å². The van der Waals surface area contributed by atoms with Crippen molar-refractivity contribution in [2.24, 2.45) is 18.9 Å². The SMILES string of the molecule is CN1CCN(c2cccc3c2NC(=O)C3C2CCN(c3ncnc4c3nc(C(=O)NCC3CC3)n4C)CC2)CC1. The largest absolute Gasteiger partial charge is 0.367 e. The fraction of sp³-hybridized carbons (Fsp3) is 0.552. The molecular weight excluding hydrogens is 506 g/mol. The number of carbonyl (C=O) groups excluding carboxylic acids is 2. The van der Waals surface area contributed by atoms with Crippen LogP contribution in [0.1, 0.15) is 47.8 Å². The van der Waals surface area contributed by atoms with Gasteiger partial charge in [-0.05, 0) is 56.2 Å². The van der Waals surface area contributed by atoms with Crippen LogP contribution in [-0.2, 0) is 11.8 Å². The summed E-state index contributed by atoms with van der Waals surface area (Å²) < 4.78 is 1.76. The molecule has 1 aliphatic carbocycles. The number of nitrogens with one attached hydrogen (secondary N) is 2. The van der Waals surface area contributed by atoms with E-state index in [2.05, 4.69) is 60.5 Å². The third kappa shape index (κ3) is 4.46. The number of piperazine rings is 1. The standard InChI is InChI=1S/C29H37N9O2/c1-35-12-14-37(15-13-35)21-5-3-4-20-22(28(39)34-23(20)21)19-8-10-38(11-9-19)26-24-25(31-17-32-26)36(2)27(33-24)29(40)30-16-18-6-7-18/h3-5,17-19,22H,6-16H2,1-2H3,(H,30,40)(H,34,39). The molecule has 3 aromatic rings. The second-order valence-electron chi connectivity index (χ2n) is 11.8. The van der Waals surface area contributed by atoms with Gasteiger partial charge >= 0.3 is 0 Å². The molecular formula is C29H37N9O2. The number of para-hydroxylation sites is 1. The summed E-state index contributed by atoms with van der Waals surface area (Å²) in [5, 5.41) is 6.26. The van der Waals surface area contributed by atoms with E-state index in [0.29, 0.717) is 29.5 Å². The number of benzene rings is 1. The number of aromatic nitrogens is 4. The van der Waals surface area contributed by atoms with E-state index >= 15 is 0 Å². The minimum atomic E-state index is -0.168. The van der Waals surface area contributed by atoms with Gasteiger partial charge in [-0.3, -0.25) is 9.59 Å². The second kappa shape index (κ2) is 10.0. The normalized spacial score (nSPS) is 22.1. The van der Waals surface area contributed by atoms with Gasteiger partial charge in [0.1, 0.15) is 6.33 Å². The Balaban J connectivity index is 1.08. The van der Waals surface area contributed by atoms with E-state index in [-0.39, 0.29) is 23.7 Å². The third-order valence-corrected chi connectivity index (χ3v) is 9.18. The fourth-order valence-electron chi connectivity index (χ4n) is 6.58. The molecule has 1 unspecified atom stereocenters. The Kier molecular flexibility index (Phi) is 6.33. The fourth-order valence-corrected chi connectivity index (χ4v) is 6.58. The minimum absolute atomic E-state index is 0.117. The molecule has 11 heteroatoms. The first-order valence-electron chi connectivity index (χ1n) is 14.6. The topological polar surface area (TPSA) is 112 Å². The number of aryl methyl sites for hydroxylation is 1. The van der Waals surface area contributed by atoms with Gasteiger partial charge in [0.15, 0.2) is 17.0 Å². The number of hydrogen-bond acceptors (Lipinski definition) is 8. The minimum Gasteiger partial charge on any atom is -0.367 e. The van der Waals surface area contributed by atoms with Crippen LogP contribution in [0.5, 0.6) is 0 Å². The maximum atomic E-state index is 13.3. The summed E-state index contributed by atoms with van der Waals surface area (Å²) in [5.41, 5.74) is 4.60. The van der Waals surface area contributed by atoms with Gasteiger partial charge < -0.3 is 29.9 Å². The zero-order chi connectivity index (χ0) is 27.4. The summed E-state index contributed by atoms with van der Waals surface area (Å²) in [6, 6.07) is 6.37. The molecule has 2 N–H and O–H groups in total. The lowest BCUT2D eigenvalue weighted by molar-refractivity contribution is -0.118. The van der Waals surface area contributed by atoms with E-state index < -0.39 is 0 Å². The molecule has 3 aliphatic heterocycles. The molecule has 11 nitrogen and oxygen atoms in total. The van der Waals surface area contributed by atoms with Crippen LogP contribution in [0.25, 0.3) is 11.2 Å². The van der Waals surface area contributed by atoms with Crippen molar-refractivity contribution in [1.82, 2.24) is 29.7 Å². The van der Waals surface area contributed by atoms with Gasteiger partial charge in [0.05, 0.1) is 17.3 Å². The van der Waals surface area contributed by atoms with Crippen molar-refractivity contribution in [2.75, 3.05) is 68.0 Å². The Bertz CT molecular complexity index is 1450. The zero-order valence-electron chi connectivity index (χ0n) is 23.3. The first-order chi connectivity index (χ1) is 19.5. The van der Waals surface area contributed by atoms with Crippen molar-refractivity contribution in [3.8, 4) is 0 Å². The van der Waals surface area contributed by atoms with Crippen molar-refractivity contribution in [1.29, 1.82) is 0 Å². The summed E-state index contributed by atoms with van der Waals surface area (Å²) in [5.74, 6) is 1.79. The lowest BCUT2D eigenvalue weighted by Gasteiger charge is -2.35. The number of fused-ring (bicyclic) bond motifs is 2. The maximum Gasteiger partial charge on any atom is 0.287 e. The van der Waals surface area contributed by atoms with Crippen LogP contribution in [0.3, 0.4) is 0 Å². The Morgan fingerprint density at radius 1 is 1.00 bits per heavy atom. The summed E-state index contributed by atoms with van der Waals surface area (Å²) in [6.07, 6.45) is 5.67. The number of anilines is 3. The number of imidazole rings is 1. The average Bonchev–Trinajstić information content (AvgIpc) is 3.66. The lowest BCUT2D eigenvalue weighted by Crippen LogP contribution is -2.44. The van der Waals surface area contributed by atoms with Crippen LogP contribution in [-0.4, -0.2) is 89.1 Å². The number of likely N-dealkylation sites (N-methyl/N-ethyl adjacent to an activating group) is 1. The first kappa shape index (κ1) is 25.3. The van der Waals surface area contributed by atoms with Gasteiger partial charge in [-0.1, -0.05) is 12.1 Å². The highest BCUT2D eigenvalue weighted by Gasteiger charge is 2.40. The first-order valence-corrected chi connectivity index (χ1v) is 14.6. The number of piperidine rings is 1. The number of amides is 2. The second-order valence-corrected chi connectivity index (χ2v) is 11.8. The molecule has 5 heterocycles. The summed E-state index contributed by atoms with van der Waals surface area (Å²) in [4.78, 5) is 46.8. The molecule has 0 radical (unpaired) electrons. The van der Waals surface area contributed by atoms with Gasteiger partial charge in [0.2, 0.25) is 11.7 Å². The number of rotatable bonds is 6. The summed E-state index contributed by atoms with van der Waals surface area (Å²) in [6.45, 7) is 6.23. The van der Waals surface area contributed by atoms with Crippen LogP contribution in [0.15, 0.2) is 24.5 Å². The van der Waals surface area contributed by atoms with Gasteiger partial charge in [0.25, 0.3) is 5.91 Å². The van der Waals surface area contributed by atoms with E-state index in [1.165, 1.54) is 12.8 Å². The molecule has 3 fully saturated rings. The Morgan fingerprint density at radius 2 is 1.77 bits per heavy atom. The maximum absolute atomic E-state index is 13.3. The van der Waals surface area contributed by atoms with Crippen molar-refractivity contribution in [3.05, 3.63) is 35.9 Å². The molecule has 7 rings (SSSR count). The molecule has 1 saturated carbocycles. The quantitative estimate of drug-likeness (QED) is 0.487. The average molecular weight is 544 g/mol. The van der Waals surface area contributed by atoms with Gasteiger partial charge in [-0.25, -0.2) is 15.0 Å². The molecule has 2 amide bonds. The van der Waals surface area contributed by atoms with Crippen molar-refractivity contribution >= 4 is 40.2 Å². The molecule has 0 spiro atoms. The van der Waals surface area contributed by atoms with Crippen LogP contribution >= 0.6 is 0 Å². The highest BCUT2D eigenvalue weighted by atomic mass is 16.2. The number of hydrogen-bond donors (Lipinski definition) is 2. The van der Waals surface area contributed by atoms with E-state index in [1.54, 1.807) is 10.9 Å². The summed E-state index contributed by atoms with van der Waals surface area (Å²) >= 11 is 0. The van der Waals surface area contributed by atoms with E-state index in [0.717, 1.165) is 74.9 Å². The molecule has 2 aromatic heterocycles. The highest BCUT2D eigenvalue weighted by molar-refractivity contribution is 6.06. The van der Waals surface area contributed by atoms with Gasteiger partial charge in [0, 0.05) is 52.9 Å². The van der Waals surface area contributed by atoms with Gasteiger partial charge in [-0.2, -0.15) is 0 Å². The number of nitrogens with zero attached hydrogens (tertiary/aromatic N) is 7. The predicted molar refractivity (Wildman–Crippen MR) is 154 cm³/mol. The molecule has 4 aliphatic rings. The molecule has 40 heavy (non-hydrogen) atoms. The Morgan fingerprint density at radius 3 is 2.52 bits per heavy atom. The molecule has 210 valence electrons. The van der Waals surface area contributed by atoms with Crippen molar-refractivity contribution in [2.45, 2.75) is 31.6 Å². The monoisotopic (exact) mass is 543 g/mol. The lowest BCUT2D eigenvalue weighted by atomic mass is 9.80.